The Kier molecular flexibility index (Phi) is 6.82. The Hall–Kier alpha value is -1.85. The Morgan fingerprint density at radius 1 is 1.38 bits per heavy atom. The van der Waals surface area contributed by atoms with E-state index in [-0.39, 0.29) is 12.0 Å². The molecule has 1 amide bonds. The fourth-order valence-corrected chi connectivity index (χ4v) is 2.49. The maximum Gasteiger partial charge on any atom is 0.271 e. The Balaban J connectivity index is 1.99. The smallest absolute Gasteiger partial charge is 0.271 e. The van der Waals surface area contributed by atoms with Crippen molar-refractivity contribution in [2.75, 3.05) is 0 Å². The average molecular weight is 410 g/mol. The van der Waals surface area contributed by atoms with Crippen LogP contribution in [0.15, 0.2) is 52.0 Å². The van der Waals surface area contributed by atoms with Crippen LogP contribution in [-0.2, 0) is 0 Å². The van der Waals surface area contributed by atoms with Gasteiger partial charge in [0, 0.05) is 10.0 Å². The van der Waals surface area contributed by atoms with E-state index < -0.39 is 0 Å². The van der Waals surface area contributed by atoms with Gasteiger partial charge in [-0.05, 0) is 55.3 Å². The lowest BCUT2D eigenvalue weighted by molar-refractivity contribution is 0.0955. The van der Waals surface area contributed by atoms with Gasteiger partial charge in [-0.2, -0.15) is 5.10 Å². The fourth-order valence-electron chi connectivity index (χ4n) is 1.85. The van der Waals surface area contributed by atoms with Crippen molar-refractivity contribution in [3.63, 3.8) is 0 Å². The molecular formula is C18H18BrClN2O2. The van der Waals surface area contributed by atoms with E-state index in [1.54, 1.807) is 30.3 Å². The minimum atomic E-state index is -0.282. The number of nitrogens with zero attached hydrogens (tertiary/aromatic N) is 1. The second kappa shape index (κ2) is 8.85. The number of benzene rings is 2. The Morgan fingerprint density at radius 3 is 2.83 bits per heavy atom. The van der Waals surface area contributed by atoms with Crippen molar-refractivity contribution in [1.82, 2.24) is 5.43 Å². The average Bonchev–Trinajstić information content (AvgIpc) is 2.57. The number of hydrazone groups is 1. The molecule has 2 aromatic carbocycles. The van der Waals surface area contributed by atoms with Gasteiger partial charge in [-0.3, -0.25) is 4.79 Å². The number of amides is 1. The highest BCUT2D eigenvalue weighted by atomic mass is 79.9. The van der Waals surface area contributed by atoms with Gasteiger partial charge in [-0.1, -0.05) is 40.5 Å². The van der Waals surface area contributed by atoms with Crippen LogP contribution in [0.2, 0.25) is 5.02 Å². The van der Waals surface area contributed by atoms with Gasteiger partial charge in [0.25, 0.3) is 5.91 Å². The lowest BCUT2D eigenvalue weighted by atomic mass is 10.2. The van der Waals surface area contributed by atoms with Gasteiger partial charge in [-0.25, -0.2) is 5.43 Å². The van der Waals surface area contributed by atoms with Gasteiger partial charge in [-0.15, -0.1) is 0 Å². The second-order valence-electron chi connectivity index (χ2n) is 5.24. The lowest BCUT2D eigenvalue weighted by Gasteiger charge is -2.13. The first-order valence-electron chi connectivity index (χ1n) is 7.54. The number of nitrogens with one attached hydrogen (secondary N) is 1. The summed E-state index contributed by atoms with van der Waals surface area (Å²) in [6.07, 6.45) is 2.54. The molecule has 0 unspecified atom stereocenters. The van der Waals surface area contributed by atoms with Crippen LogP contribution in [-0.4, -0.2) is 18.2 Å². The molecule has 126 valence electrons. The quantitative estimate of drug-likeness (QED) is 0.536. The Labute approximate surface area is 155 Å². The Morgan fingerprint density at radius 2 is 2.17 bits per heavy atom. The van der Waals surface area contributed by atoms with E-state index in [1.165, 1.54) is 6.21 Å². The van der Waals surface area contributed by atoms with E-state index in [9.17, 15) is 4.79 Å². The first-order valence-corrected chi connectivity index (χ1v) is 8.72. The first kappa shape index (κ1) is 18.5. The molecule has 24 heavy (non-hydrogen) atoms. The molecule has 0 saturated carbocycles. The molecule has 6 heteroatoms. The third-order valence-electron chi connectivity index (χ3n) is 3.33. The van der Waals surface area contributed by atoms with Gasteiger partial charge >= 0.3 is 0 Å². The normalized spacial score (nSPS) is 12.2. The predicted octanol–water partition coefficient (Wildman–Crippen LogP) is 5.04. The van der Waals surface area contributed by atoms with Crippen molar-refractivity contribution in [3.05, 3.63) is 63.1 Å². The van der Waals surface area contributed by atoms with E-state index >= 15 is 0 Å². The number of carbonyl (C=O) groups is 1. The number of halogens is 2. The summed E-state index contributed by atoms with van der Waals surface area (Å²) in [6, 6.07) is 12.5. The van der Waals surface area contributed by atoms with Crippen molar-refractivity contribution < 1.29 is 9.53 Å². The molecule has 2 rings (SSSR count). The predicted molar refractivity (Wildman–Crippen MR) is 101 cm³/mol. The highest BCUT2D eigenvalue weighted by Crippen LogP contribution is 2.26. The van der Waals surface area contributed by atoms with E-state index in [2.05, 4.69) is 26.5 Å². The van der Waals surface area contributed by atoms with Crippen molar-refractivity contribution in [2.45, 2.75) is 26.4 Å². The van der Waals surface area contributed by atoms with Crippen LogP contribution in [0.3, 0.4) is 0 Å². The maximum absolute atomic E-state index is 12.0. The molecular weight excluding hydrogens is 392 g/mol. The third kappa shape index (κ3) is 5.35. The number of hydrogen-bond acceptors (Lipinski definition) is 3. The number of carbonyl (C=O) groups excluding carboxylic acids is 1. The van der Waals surface area contributed by atoms with Crippen LogP contribution in [0, 0.1) is 0 Å². The highest BCUT2D eigenvalue weighted by Gasteiger charge is 2.07. The maximum atomic E-state index is 12.0. The van der Waals surface area contributed by atoms with Crippen molar-refractivity contribution in [2.24, 2.45) is 5.10 Å². The zero-order chi connectivity index (χ0) is 17.5. The first-order chi connectivity index (χ1) is 11.5. The molecule has 0 radical (unpaired) electrons. The molecule has 1 N–H and O–H groups in total. The SMILES string of the molecule is CC[C@@H](C)Oc1ccc(/C=N\NC(=O)c2cccc(Br)c2)cc1Cl. The zero-order valence-electron chi connectivity index (χ0n) is 13.4. The number of hydrogen-bond donors (Lipinski definition) is 1. The molecule has 0 aromatic heterocycles. The zero-order valence-corrected chi connectivity index (χ0v) is 15.8. The summed E-state index contributed by atoms with van der Waals surface area (Å²) in [5, 5.41) is 4.47. The molecule has 0 bridgehead atoms. The van der Waals surface area contributed by atoms with Gasteiger partial charge in [0.2, 0.25) is 0 Å². The monoisotopic (exact) mass is 408 g/mol. The molecule has 0 aliphatic rings. The van der Waals surface area contributed by atoms with Gasteiger partial charge in [0.15, 0.2) is 0 Å². The molecule has 4 nitrogen and oxygen atoms in total. The van der Waals surface area contributed by atoms with Crippen molar-refractivity contribution in [1.29, 1.82) is 0 Å². The van der Waals surface area contributed by atoms with Crippen molar-refractivity contribution >= 4 is 39.7 Å². The summed E-state index contributed by atoms with van der Waals surface area (Å²) < 4.78 is 6.55. The summed E-state index contributed by atoms with van der Waals surface area (Å²) in [4.78, 5) is 12.0. The summed E-state index contributed by atoms with van der Waals surface area (Å²) in [6.45, 7) is 4.04. The van der Waals surface area contributed by atoms with Gasteiger partial charge < -0.3 is 4.74 Å². The summed E-state index contributed by atoms with van der Waals surface area (Å²) in [5.41, 5.74) is 3.78. The Bertz CT molecular complexity index is 750. The molecule has 0 aliphatic carbocycles. The van der Waals surface area contributed by atoms with E-state index in [0.717, 1.165) is 16.5 Å². The molecule has 0 aliphatic heterocycles. The fraction of sp³-hybridized carbons (Fsp3) is 0.222. The van der Waals surface area contributed by atoms with Crippen LogP contribution in [0.5, 0.6) is 5.75 Å². The van der Waals surface area contributed by atoms with E-state index in [0.29, 0.717) is 16.3 Å². The van der Waals surface area contributed by atoms with Crippen molar-refractivity contribution in [3.8, 4) is 5.75 Å². The number of ether oxygens (including phenoxy) is 1. The minimum absolute atomic E-state index is 0.103. The summed E-state index contributed by atoms with van der Waals surface area (Å²) >= 11 is 9.53. The van der Waals surface area contributed by atoms with Crippen LogP contribution >= 0.6 is 27.5 Å². The van der Waals surface area contributed by atoms with Gasteiger partial charge in [0.05, 0.1) is 17.3 Å². The van der Waals surface area contributed by atoms with Crippen LogP contribution in [0.4, 0.5) is 0 Å². The van der Waals surface area contributed by atoms with Crippen LogP contribution < -0.4 is 10.2 Å². The second-order valence-corrected chi connectivity index (χ2v) is 6.56. The summed E-state index contributed by atoms with van der Waals surface area (Å²) in [5.74, 6) is 0.358. The summed E-state index contributed by atoms with van der Waals surface area (Å²) in [7, 11) is 0. The molecule has 0 saturated heterocycles. The lowest BCUT2D eigenvalue weighted by Crippen LogP contribution is -2.17. The van der Waals surface area contributed by atoms with E-state index in [1.807, 2.05) is 26.0 Å². The molecule has 0 fully saturated rings. The largest absolute Gasteiger partial charge is 0.489 e. The number of rotatable bonds is 6. The highest BCUT2D eigenvalue weighted by molar-refractivity contribution is 9.10. The molecule has 0 heterocycles. The minimum Gasteiger partial charge on any atom is -0.489 e. The van der Waals surface area contributed by atoms with Crippen LogP contribution in [0.1, 0.15) is 36.2 Å². The standard InChI is InChI=1S/C18H18BrClN2O2/c1-3-12(2)24-17-8-7-13(9-16(17)20)11-21-22-18(23)14-5-4-6-15(19)10-14/h4-12H,3H2,1-2H3,(H,22,23)/b21-11-/t12-/m1/s1. The topological polar surface area (TPSA) is 50.7 Å². The van der Waals surface area contributed by atoms with E-state index in [4.69, 9.17) is 16.3 Å². The third-order valence-corrected chi connectivity index (χ3v) is 4.11. The molecule has 2 aromatic rings. The van der Waals surface area contributed by atoms with Crippen LogP contribution in [0.25, 0.3) is 0 Å². The molecule has 0 spiro atoms. The molecule has 1 atom stereocenters. The van der Waals surface area contributed by atoms with Gasteiger partial charge in [0.1, 0.15) is 5.75 Å².